The van der Waals surface area contributed by atoms with Crippen LogP contribution in [0.5, 0.6) is 0 Å². The molecule has 0 amide bonds. The fraction of sp³-hybridized carbons (Fsp3) is 0.118. The molecule has 0 atom stereocenters. The van der Waals surface area contributed by atoms with Crippen LogP contribution in [0.15, 0.2) is 42.7 Å². The molecular formula is C17H13IN2O. The molecule has 0 unspecified atom stereocenters. The highest BCUT2D eigenvalue weighted by molar-refractivity contribution is 14.1. The molecule has 104 valence electrons. The number of nitrogens with zero attached hydrogens (tertiary/aromatic N) is 2. The van der Waals surface area contributed by atoms with E-state index in [1.165, 1.54) is 0 Å². The number of ketones is 1. The zero-order chi connectivity index (χ0) is 15.0. The molecular weight excluding hydrogens is 375 g/mol. The minimum Gasteiger partial charge on any atom is -0.294 e. The number of fused-ring (bicyclic) bond motifs is 1. The number of Topliss-reactive ketones (excluding diaryl/α,β-unsaturated/α-hetero) is 1. The number of carbonyl (C=O) groups excluding carboxylic acids is 1. The second-order valence-electron chi connectivity index (χ2n) is 4.99. The van der Waals surface area contributed by atoms with Crippen molar-refractivity contribution in [3.05, 3.63) is 57.4 Å². The van der Waals surface area contributed by atoms with Crippen LogP contribution in [0.4, 0.5) is 0 Å². The summed E-state index contributed by atoms with van der Waals surface area (Å²) in [5.74, 6) is 0.0676. The molecule has 0 saturated carbocycles. The van der Waals surface area contributed by atoms with Crippen LogP contribution in [0.1, 0.15) is 22.8 Å². The summed E-state index contributed by atoms with van der Waals surface area (Å²) in [6.45, 7) is 3.58. The molecule has 0 fully saturated rings. The Bertz CT molecular complexity index is 844. The lowest BCUT2D eigenvalue weighted by atomic mass is 10.0. The first-order valence-corrected chi connectivity index (χ1v) is 7.66. The van der Waals surface area contributed by atoms with E-state index < -0.39 is 0 Å². The first kappa shape index (κ1) is 14.1. The van der Waals surface area contributed by atoms with E-state index >= 15 is 0 Å². The Labute approximate surface area is 136 Å². The minimum atomic E-state index is 0.0676. The van der Waals surface area contributed by atoms with Crippen molar-refractivity contribution >= 4 is 39.3 Å². The van der Waals surface area contributed by atoms with Gasteiger partial charge in [0.1, 0.15) is 0 Å². The number of aromatic nitrogens is 2. The highest BCUT2D eigenvalue weighted by atomic mass is 127. The molecule has 3 rings (SSSR count). The van der Waals surface area contributed by atoms with Crippen LogP contribution in [0.25, 0.3) is 22.2 Å². The summed E-state index contributed by atoms with van der Waals surface area (Å²) in [5, 5.41) is 0.912. The Morgan fingerprint density at radius 1 is 1.14 bits per heavy atom. The minimum absolute atomic E-state index is 0.0676. The van der Waals surface area contributed by atoms with Crippen molar-refractivity contribution in [3.8, 4) is 11.3 Å². The Hall–Kier alpha value is -1.82. The van der Waals surface area contributed by atoms with Crippen LogP contribution in [0.2, 0.25) is 0 Å². The van der Waals surface area contributed by atoms with E-state index in [0.717, 1.165) is 36.9 Å². The second-order valence-corrected chi connectivity index (χ2v) is 6.15. The van der Waals surface area contributed by atoms with Gasteiger partial charge >= 0.3 is 0 Å². The van der Waals surface area contributed by atoms with E-state index in [0.29, 0.717) is 0 Å². The lowest BCUT2D eigenvalue weighted by Gasteiger charge is -2.10. The topological polar surface area (TPSA) is 42.9 Å². The summed E-state index contributed by atoms with van der Waals surface area (Å²) in [7, 11) is 0. The van der Waals surface area contributed by atoms with Crippen molar-refractivity contribution in [2.75, 3.05) is 0 Å². The van der Waals surface area contributed by atoms with Crippen LogP contribution in [-0.4, -0.2) is 15.8 Å². The highest BCUT2D eigenvalue weighted by Gasteiger charge is 2.12. The Balaban J connectivity index is 2.32. The summed E-state index contributed by atoms with van der Waals surface area (Å²) in [6, 6.07) is 9.86. The number of aryl methyl sites for hydroxylation is 1. The maximum Gasteiger partial charge on any atom is 0.160 e. The van der Waals surface area contributed by atoms with Gasteiger partial charge in [0.25, 0.3) is 0 Å². The third-order valence-corrected chi connectivity index (χ3v) is 4.19. The van der Waals surface area contributed by atoms with Crippen molar-refractivity contribution in [1.82, 2.24) is 9.97 Å². The van der Waals surface area contributed by atoms with E-state index in [2.05, 4.69) is 27.6 Å². The number of hydrogen-bond donors (Lipinski definition) is 0. The van der Waals surface area contributed by atoms with E-state index in [9.17, 15) is 4.79 Å². The normalized spacial score (nSPS) is 10.8. The predicted octanol–water partition coefficient (Wildman–Crippen LogP) is 4.41. The molecule has 0 N–H and O–H groups in total. The molecule has 0 spiro atoms. The standard InChI is InChI=1S/C17H13IN2O/c1-10-7-13(11(2)21)14-9-15(18)17(20-16(14)8-10)12-3-5-19-6-4-12/h3-9H,1-2H3. The van der Waals surface area contributed by atoms with Crippen molar-refractivity contribution in [1.29, 1.82) is 0 Å². The van der Waals surface area contributed by atoms with Crippen LogP contribution < -0.4 is 0 Å². The van der Waals surface area contributed by atoms with Crippen LogP contribution in [0.3, 0.4) is 0 Å². The number of pyridine rings is 2. The van der Waals surface area contributed by atoms with Crippen LogP contribution >= 0.6 is 22.6 Å². The van der Waals surface area contributed by atoms with Gasteiger partial charge < -0.3 is 0 Å². The molecule has 0 radical (unpaired) electrons. The lowest BCUT2D eigenvalue weighted by Crippen LogP contribution is -1.98. The number of rotatable bonds is 2. The number of carbonyl (C=O) groups is 1. The van der Waals surface area contributed by atoms with Crippen molar-refractivity contribution in [2.24, 2.45) is 0 Å². The Kier molecular flexibility index (Phi) is 3.71. The maximum atomic E-state index is 11.8. The second kappa shape index (κ2) is 5.52. The van der Waals surface area contributed by atoms with E-state index in [1.807, 2.05) is 37.3 Å². The summed E-state index contributed by atoms with van der Waals surface area (Å²) < 4.78 is 1.03. The number of hydrogen-bond acceptors (Lipinski definition) is 3. The van der Waals surface area contributed by atoms with Crippen LogP contribution in [-0.2, 0) is 0 Å². The van der Waals surface area contributed by atoms with Gasteiger partial charge in [-0.1, -0.05) is 0 Å². The molecule has 0 aliphatic carbocycles. The largest absolute Gasteiger partial charge is 0.294 e. The van der Waals surface area contributed by atoms with Crippen molar-refractivity contribution in [2.45, 2.75) is 13.8 Å². The third-order valence-electron chi connectivity index (χ3n) is 3.37. The predicted molar refractivity (Wildman–Crippen MR) is 92.4 cm³/mol. The third kappa shape index (κ3) is 2.68. The zero-order valence-corrected chi connectivity index (χ0v) is 13.9. The van der Waals surface area contributed by atoms with Crippen molar-refractivity contribution in [3.63, 3.8) is 0 Å². The summed E-state index contributed by atoms with van der Waals surface area (Å²) in [6.07, 6.45) is 3.52. The molecule has 0 aliphatic rings. The van der Waals surface area contributed by atoms with E-state index in [-0.39, 0.29) is 5.78 Å². The monoisotopic (exact) mass is 388 g/mol. The maximum absolute atomic E-state index is 11.8. The van der Waals surface area contributed by atoms with Gasteiger partial charge in [-0.3, -0.25) is 9.78 Å². The average molecular weight is 388 g/mol. The molecule has 0 bridgehead atoms. The molecule has 0 aliphatic heterocycles. The first-order chi connectivity index (χ1) is 10.1. The molecule has 4 heteroatoms. The summed E-state index contributed by atoms with van der Waals surface area (Å²) in [5.41, 5.74) is 4.58. The molecule has 21 heavy (non-hydrogen) atoms. The van der Waals surface area contributed by atoms with Crippen molar-refractivity contribution < 1.29 is 4.79 Å². The molecule has 3 nitrogen and oxygen atoms in total. The lowest BCUT2D eigenvalue weighted by molar-refractivity contribution is 0.101. The molecule has 1 aromatic carbocycles. The van der Waals surface area contributed by atoms with Gasteiger partial charge in [-0.05, 0) is 72.3 Å². The van der Waals surface area contributed by atoms with Gasteiger partial charge in [-0.2, -0.15) is 0 Å². The SMILES string of the molecule is CC(=O)c1cc(C)cc2nc(-c3ccncc3)c(I)cc12. The van der Waals surface area contributed by atoms with Gasteiger partial charge in [-0.15, -0.1) is 0 Å². The molecule has 3 aromatic rings. The highest BCUT2D eigenvalue weighted by Crippen LogP contribution is 2.29. The Morgan fingerprint density at radius 3 is 2.52 bits per heavy atom. The van der Waals surface area contributed by atoms with Gasteiger partial charge in [0.05, 0.1) is 11.2 Å². The van der Waals surface area contributed by atoms with Crippen LogP contribution in [0, 0.1) is 10.5 Å². The van der Waals surface area contributed by atoms with Gasteiger partial charge in [0.15, 0.2) is 5.78 Å². The summed E-state index contributed by atoms with van der Waals surface area (Å²) in [4.78, 5) is 20.6. The zero-order valence-electron chi connectivity index (χ0n) is 11.7. The fourth-order valence-corrected chi connectivity index (χ4v) is 3.14. The van der Waals surface area contributed by atoms with E-state index in [1.54, 1.807) is 19.3 Å². The quantitative estimate of drug-likeness (QED) is 0.483. The Morgan fingerprint density at radius 2 is 1.86 bits per heavy atom. The van der Waals surface area contributed by atoms with Gasteiger partial charge in [-0.25, -0.2) is 4.98 Å². The van der Waals surface area contributed by atoms with Gasteiger partial charge in [0, 0.05) is 32.5 Å². The first-order valence-electron chi connectivity index (χ1n) is 6.58. The molecule has 2 aromatic heterocycles. The smallest absolute Gasteiger partial charge is 0.160 e. The number of benzene rings is 1. The number of halogens is 1. The van der Waals surface area contributed by atoms with E-state index in [4.69, 9.17) is 4.98 Å². The van der Waals surface area contributed by atoms with Gasteiger partial charge in [0.2, 0.25) is 0 Å². The fourth-order valence-electron chi connectivity index (χ4n) is 2.40. The average Bonchev–Trinajstić information content (AvgIpc) is 2.47. The molecule has 0 saturated heterocycles. The summed E-state index contributed by atoms with van der Waals surface area (Å²) >= 11 is 2.27. The molecule has 2 heterocycles.